The van der Waals surface area contributed by atoms with Gasteiger partial charge in [0.15, 0.2) is 0 Å². The Kier molecular flexibility index (Phi) is 3.67. The molecule has 0 heterocycles. The number of fused-ring (bicyclic) bond motifs is 1. The Morgan fingerprint density at radius 1 is 1.38 bits per heavy atom. The summed E-state index contributed by atoms with van der Waals surface area (Å²) in [5, 5.41) is 4.41. The molecule has 1 aliphatic rings. The van der Waals surface area contributed by atoms with Gasteiger partial charge in [-0.05, 0) is 49.9 Å². The second kappa shape index (κ2) is 5.03. The van der Waals surface area contributed by atoms with Gasteiger partial charge in [-0.25, -0.2) is 0 Å². The summed E-state index contributed by atoms with van der Waals surface area (Å²) in [6, 6.07) is 6.81. The van der Waals surface area contributed by atoms with Crippen molar-refractivity contribution in [1.82, 2.24) is 5.32 Å². The summed E-state index contributed by atoms with van der Waals surface area (Å²) in [4.78, 5) is 0. The molecule has 0 aromatic heterocycles. The molecule has 0 radical (unpaired) electrons. The number of halogens is 1. The van der Waals surface area contributed by atoms with E-state index in [9.17, 15) is 0 Å². The van der Waals surface area contributed by atoms with Gasteiger partial charge in [0.1, 0.15) is 0 Å². The first-order valence-corrected chi connectivity index (χ1v) is 6.17. The van der Waals surface area contributed by atoms with E-state index in [1.165, 1.54) is 16.7 Å². The highest BCUT2D eigenvalue weighted by molar-refractivity contribution is 6.30. The smallest absolute Gasteiger partial charge is 0.0408 e. The van der Waals surface area contributed by atoms with Gasteiger partial charge >= 0.3 is 0 Å². The lowest BCUT2D eigenvalue weighted by Gasteiger charge is -2.09. The van der Waals surface area contributed by atoms with E-state index in [1.54, 1.807) is 0 Å². The number of hydrogen-bond acceptors (Lipinski definition) is 1. The third kappa shape index (κ3) is 2.87. The van der Waals surface area contributed by atoms with Gasteiger partial charge < -0.3 is 5.32 Å². The zero-order valence-corrected chi connectivity index (χ0v) is 10.6. The first-order chi connectivity index (χ1) is 7.65. The Labute approximate surface area is 103 Å². The van der Waals surface area contributed by atoms with Gasteiger partial charge in [0, 0.05) is 17.6 Å². The maximum Gasteiger partial charge on any atom is 0.0408 e. The van der Waals surface area contributed by atoms with Crippen LogP contribution in [0.15, 0.2) is 29.8 Å². The fourth-order valence-corrected chi connectivity index (χ4v) is 2.36. The normalized spacial score (nSPS) is 18.3. The average molecular weight is 236 g/mol. The van der Waals surface area contributed by atoms with Crippen LogP contribution in [0.2, 0.25) is 5.02 Å². The molecule has 1 N–H and O–H groups in total. The standard InChI is InChI=1S/C14H18ClN/c1-10(2)5-6-16-14-8-11-3-4-13(15)7-12(11)9-14/h3-5,7,14,16H,6,8-9H2,1-2H3. The molecule has 0 amide bonds. The highest BCUT2D eigenvalue weighted by Crippen LogP contribution is 2.25. The molecule has 16 heavy (non-hydrogen) atoms. The molecule has 1 aliphatic carbocycles. The van der Waals surface area contributed by atoms with Crippen LogP contribution in [-0.2, 0) is 12.8 Å². The molecule has 1 aromatic carbocycles. The molecule has 1 unspecified atom stereocenters. The predicted molar refractivity (Wildman–Crippen MR) is 70.1 cm³/mol. The number of hydrogen-bond donors (Lipinski definition) is 1. The highest BCUT2D eigenvalue weighted by atomic mass is 35.5. The fraction of sp³-hybridized carbons (Fsp3) is 0.429. The average Bonchev–Trinajstić information content (AvgIpc) is 2.58. The van der Waals surface area contributed by atoms with E-state index < -0.39 is 0 Å². The minimum absolute atomic E-state index is 0.573. The molecule has 86 valence electrons. The molecule has 2 heteroatoms. The van der Waals surface area contributed by atoms with E-state index in [4.69, 9.17) is 11.6 Å². The van der Waals surface area contributed by atoms with E-state index >= 15 is 0 Å². The van der Waals surface area contributed by atoms with E-state index in [0.717, 1.165) is 24.4 Å². The Balaban J connectivity index is 1.93. The van der Waals surface area contributed by atoms with Gasteiger partial charge in [-0.3, -0.25) is 0 Å². The van der Waals surface area contributed by atoms with Crippen LogP contribution >= 0.6 is 11.6 Å². The van der Waals surface area contributed by atoms with Crippen LogP contribution in [0.1, 0.15) is 25.0 Å². The lowest BCUT2D eigenvalue weighted by molar-refractivity contribution is 0.566. The van der Waals surface area contributed by atoms with E-state index in [0.29, 0.717) is 6.04 Å². The summed E-state index contributed by atoms with van der Waals surface area (Å²) in [5.41, 5.74) is 4.22. The first kappa shape index (κ1) is 11.7. The second-order valence-corrected chi connectivity index (χ2v) is 5.14. The van der Waals surface area contributed by atoms with Gasteiger partial charge in [0.2, 0.25) is 0 Å². The largest absolute Gasteiger partial charge is 0.310 e. The molecule has 2 rings (SSSR count). The molecular formula is C14H18ClN. The monoisotopic (exact) mass is 235 g/mol. The first-order valence-electron chi connectivity index (χ1n) is 5.79. The van der Waals surface area contributed by atoms with Gasteiger partial charge in [0.25, 0.3) is 0 Å². The molecule has 0 bridgehead atoms. The predicted octanol–water partition coefficient (Wildman–Crippen LogP) is 3.36. The minimum atomic E-state index is 0.573. The third-order valence-corrected chi connectivity index (χ3v) is 3.25. The van der Waals surface area contributed by atoms with Crippen molar-refractivity contribution in [2.24, 2.45) is 0 Å². The van der Waals surface area contributed by atoms with Crippen LogP contribution in [0, 0.1) is 0 Å². The molecule has 1 atom stereocenters. The Morgan fingerprint density at radius 3 is 2.88 bits per heavy atom. The lowest BCUT2D eigenvalue weighted by atomic mass is 10.1. The summed E-state index contributed by atoms with van der Waals surface area (Å²) in [5.74, 6) is 0. The Bertz CT molecular complexity index is 405. The molecular weight excluding hydrogens is 218 g/mol. The molecule has 0 saturated carbocycles. The van der Waals surface area contributed by atoms with Crippen molar-refractivity contribution in [2.75, 3.05) is 6.54 Å². The highest BCUT2D eigenvalue weighted by Gasteiger charge is 2.20. The maximum atomic E-state index is 5.99. The van der Waals surface area contributed by atoms with Crippen LogP contribution in [0.3, 0.4) is 0 Å². The number of allylic oxidation sites excluding steroid dienone is 1. The molecule has 0 fully saturated rings. The van der Waals surface area contributed by atoms with E-state index in [1.807, 2.05) is 6.07 Å². The molecule has 1 nitrogen and oxygen atoms in total. The zero-order chi connectivity index (χ0) is 11.5. The second-order valence-electron chi connectivity index (χ2n) is 4.71. The summed E-state index contributed by atoms with van der Waals surface area (Å²) >= 11 is 5.99. The van der Waals surface area contributed by atoms with Crippen molar-refractivity contribution in [2.45, 2.75) is 32.7 Å². The van der Waals surface area contributed by atoms with Crippen molar-refractivity contribution in [3.8, 4) is 0 Å². The van der Waals surface area contributed by atoms with E-state index in [-0.39, 0.29) is 0 Å². The summed E-state index contributed by atoms with van der Waals surface area (Å²) in [7, 11) is 0. The number of rotatable bonds is 3. The van der Waals surface area contributed by atoms with Crippen molar-refractivity contribution in [1.29, 1.82) is 0 Å². The fourth-order valence-electron chi connectivity index (χ4n) is 2.16. The van der Waals surface area contributed by atoms with Gasteiger partial charge in [-0.1, -0.05) is 29.3 Å². The molecule has 0 aliphatic heterocycles. The number of benzene rings is 1. The van der Waals surface area contributed by atoms with Crippen LogP contribution in [0.25, 0.3) is 0 Å². The van der Waals surface area contributed by atoms with E-state index in [2.05, 4.69) is 37.4 Å². The third-order valence-electron chi connectivity index (χ3n) is 3.02. The van der Waals surface area contributed by atoms with Crippen molar-refractivity contribution >= 4 is 11.6 Å². The Morgan fingerprint density at radius 2 is 2.12 bits per heavy atom. The molecule has 0 spiro atoms. The molecule has 1 aromatic rings. The topological polar surface area (TPSA) is 12.0 Å². The Hall–Kier alpha value is -0.790. The lowest BCUT2D eigenvalue weighted by Crippen LogP contribution is -2.29. The van der Waals surface area contributed by atoms with Gasteiger partial charge in [0.05, 0.1) is 0 Å². The van der Waals surface area contributed by atoms with Gasteiger partial charge in [-0.2, -0.15) is 0 Å². The zero-order valence-electron chi connectivity index (χ0n) is 9.89. The van der Waals surface area contributed by atoms with Crippen LogP contribution in [0.4, 0.5) is 0 Å². The summed E-state index contributed by atoms with van der Waals surface area (Å²) in [6.45, 7) is 5.23. The van der Waals surface area contributed by atoms with Crippen LogP contribution in [-0.4, -0.2) is 12.6 Å². The van der Waals surface area contributed by atoms with Crippen molar-refractivity contribution in [3.63, 3.8) is 0 Å². The minimum Gasteiger partial charge on any atom is -0.310 e. The summed E-state index contributed by atoms with van der Waals surface area (Å²) in [6.07, 6.45) is 4.46. The van der Waals surface area contributed by atoms with Crippen LogP contribution < -0.4 is 5.32 Å². The van der Waals surface area contributed by atoms with Gasteiger partial charge in [-0.15, -0.1) is 0 Å². The van der Waals surface area contributed by atoms with Crippen molar-refractivity contribution in [3.05, 3.63) is 46.0 Å². The van der Waals surface area contributed by atoms with Crippen molar-refractivity contribution < 1.29 is 0 Å². The molecule has 0 saturated heterocycles. The summed E-state index contributed by atoms with van der Waals surface area (Å²) < 4.78 is 0. The van der Waals surface area contributed by atoms with Crippen LogP contribution in [0.5, 0.6) is 0 Å². The maximum absolute atomic E-state index is 5.99. The SMILES string of the molecule is CC(C)=CCNC1Cc2ccc(Cl)cc2C1. The number of nitrogens with one attached hydrogen (secondary N) is 1. The quantitative estimate of drug-likeness (QED) is 0.793.